The van der Waals surface area contributed by atoms with E-state index in [2.05, 4.69) is 9.97 Å². The van der Waals surface area contributed by atoms with Gasteiger partial charge in [0.05, 0.1) is 0 Å². The number of ether oxygens (including phenoxy) is 1. The van der Waals surface area contributed by atoms with Crippen LogP contribution in [0.15, 0.2) is 42.6 Å². The van der Waals surface area contributed by atoms with Gasteiger partial charge in [0.15, 0.2) is 0 Å². The van der Waals surface area contributed by atoms with Crippen LogP contribution in [0.5, 0.6) is 5.88 Å². The molecule has 0 radical (unpaired) electrons. The molecular weight excluding hydrogens is 236 g/mol. The maximum Gasteiger partial charge on any atom is 0.216 e. The number of rotatable bonds is 3. The molecule has 1 aromatic carbocycles. The maximum atomic E-state index is 5.52. The summed E-state index contributed by atoms with van der Waals surface area (Å²) in [5.74, 6) is 1.34. The third kappa shape index (κ3) is 7.19. The van der Waals surface area contributed by atoms with Crippen molar-refractivity contribution in [3.05, 3.63) is 54.0 Å². The normalized spacial score (nSPS) is 8.47. The molecule has 0 unspecified atom stereocenters. The summed E-state index contributed by atoms with van der Waals surface area (Å²) in [7, 11) is 0. The van der Waals surface area contributed by atoms with Crippen LogP contribution in [0, 0.1) is 6.92 Å². The Morgan fingerprint density at radius 2 is 1.58 bits per heavy atom. The molecule has 3 nitrogen and oxygen atoms in total. The first kappa shape index (κ1) is 17.1. The molecule has 104 valence electrons. The van der Waals surface area contributed by atoms with Crippen LogP contribution in [0.25, 0.3) is 0 Å². The van der Waals surface area contributed by atoms with Crippen molar-refractivity contribution in [2.24, 2.45) is 0 Å². The minimum atomic E-state index is 0.539. The molecule has 3 heteroatoms. The van der Waals surface area contributed by atoms with Gasteiger partial charge in [-0.15, -0.1) is 0 Å². The van der Waals surface area contributed by atoms with Gasteiger partial charge in [0.1, 0.15) is 12.4 Å². The first-order valence-electron chi connectivity index (χ1n) is 6.81. The van der Waals surface area contributed by atoms with E-state index in [1.165, 1.54) is 0 Å². The van der Waals surface area contributed by atoms with E-state index in [-0.39, 0.29) is 0 Å². The van der Waals surface area contributed by atoms with E-state index in [0.29, 0.717) is 12.5 Å². The Kier molecular flexibility index (Phi) is 10.1. The molecule has 0 fully saturated rings. The van der Waals surface area contributed by atoms with Crippen LogP contribution in [-0.2, 0) is 6.61 Å². The Balaban J connectivity index is 0.000000741. The number of hydrogen-bond acceptors (Lipinski definition) is 3. The van der Waals surface area contributed by atoms with Crippen molar-refractivity contribution < 1.29 is 4.74 Å². The predicted octanol–water partition coefficient (Wildman–Crippen LogP) is 4.42. The van der Waals surface area contributed by atoms with Gasteiger partial charge >= 0.3 is 0 Å². The standard InChI is InChI=1S/C12H12N2O.2C2H6/c1-10-13-8-7-12(14-10)15-9-11-5-3-2-4-6-11;2*1-2/h2-8H,9H2,1H3;2*1-2H3. The molecule has 19 heavy (non-hydrogen) atoms. The summed E-state index contributed by atoms with van der Waals surface area (Å²) in [5.41, 5.74) is 1.13. The fourth-order valence-electron chi connectivity index (χ4n) is 1.25. The Bertz CT molecular complexity index is 430. The second kappa shape index (κ2) is 11.2. The Hall–Kier alpha value is -1.90. The van der Waals surface area contributed by atoms with E-state index < -0.39 is 0 Å². The zero-order chi connectivity index (χ0) is 14.5. The summed E-state index contributed by atoms with van der Waals surface area (Å²) in [6.07, 6.45) is 1.70. The van der Waals surface area contributed by atoms with Crippen LogP contribution >= 0.6 is 0 Å². The monoisotopic (exact) mass is 260 g/mol. The van der Waals surface area contributed by atoms with Gasteiger partial charge in [0.25, 0.3) is 0 Å². The first-order valence-corrected chi connectivity index (χ1v) is 6.81. The van der Waals surface area contributed by atoms with Crippen molar-refractivity contribution in [3.8, 4) is 5.88 Å². The van der Waals surface area contributed by atoms with E-state index in [9.17, 15) is 0 Å². The third-order valence-electron chi connectivity index (χ3n) is 1.98. The Morgan fingerprint density at radius 1 is 0.947 bits per heavy atom. The van der Waals surface area contributed by atoms with E-state index >= 15 is 0 Å². The van der Waals surface area contributed by atoms with Gasteiger partial charge in [-0.2, -0.15) is 4.98 Å². The number of hydrogen-bond donors (Lipinski definition) is 0. The van der Waals surface area contributed by atoms with Crippen molar-refractivity contribution >= 4 is 0 Å². The van der Waals surface area contributed by atoms with E-state index in [1.54, 1.807) is 12.3 Å². The fourth-order valence-corrected chi connectivity index (χ4v) is 1.25. The molecule has 0 saturated carbocycles. The van der Waals surface area contributed by atoms with E-state index in [0.717, 1.165) is 11.4 Å². The van der Waals surface area contributed by atoms with Gasteiger partial charge in [-0.1, -0.05) is 58.0 Å². The fraction of sp³-hybridized carbons (Fsp3) is 0.375. The summed E-state index contributed by atoms with van der Waals surface area (Å²) < 4.78 is 5.52. The number of benzene rings is 1. The molecule has 0 N–H and O–H groups in total. The van der Waals surface area contributed by atoms with Crippen LogP contribution in [0.3, 0.4) is 0 Å². The van der Waals surface area contributed by atoms with Gasteiger partial charge < -0.3 is 4.74 Å². The molecule has 0 amide bonds. The summed E-state index contributed by atoms with van der Waals surface area (Å²) in [5, 5.41) is 0. The molecule has 0 saturated heterocycles. The molecular formula is C16H24N2O. The lowest BCUT2D eigenvalue weighted by atomic mass is 10.2. The summed E-state index contributed by atoms with van der Waals surface area (Å²) in [6, 6.07) is 11.8. The summed E-state index contributed by atoms with van der Waals surface area (Å²) >= 11 is 0. The van der Waals surface area contributed by atoms with Crippen molar-refractivity contribution in [2.75, 3.05) is 0 Å². The molecule has 0 aliphatic carbocycles. The molecule has 1 aromatic heterocycles. The van der Waals surface area contributed by atoms with Crippen LogP contribution in [0.1, 0.15) is 39.1 Å². The molecule has 0 spiro atoms. The highest BCUT2D eigenvalue weighted by Gasteiger charge is 1.96. The highest BCUT2D eigenvalue weighted by Crippen LogP contribution is 2.08. The first-order chi connectivity index (χ1) is 9.34. The summed E-state index contributed by atoms with van der Waals surface area (Å²) in [4.78, 5) is 8.16. The van der Waals surface area contributed by atoms with Gasteiger partial charge in [-0.3, -0.25) is 0 Å². The molecule has 0 bridgehead atoms. The lowest BCUT2D eigenvalue weighted by Gasteiger charge is -2.04. The van der Waals surface area contributed by atoms with E-state index in [1.807, 2.05) is 65.0 Å². The number of aromatic nitrogens is 2. The quantitative estimate of drug-likeness (QED) is 0.819. The number of aryl methyl sites for hydroxylation is 1. The highest BCUT2D eigenvalue weighted by atomic mass is 16.5. The third-order valence-corrected chi connectivity index (χ3v) is 1.98. The maximum absolute atomic E-state index is 5.52. The Morgan fingerprint density at radius 3 is 2.16 bits per heavy atom. The predicted molar refractivity (Wildman–Crippen MR) is 80.2 cm³/mol. The second-order valence-corrected chi connectivity index (χ2v) is 3.22. The van der Waals surface area contributed by atoms with Crippen molar-refractivity contribution in [2.45, 2.75) is 41.2 Å². The molecule has 0 aliphatic heterocycles. The topological polar surface area (TPSA) is 35.0 Å². The van der Waals surface area contributed by atoms with Crippen LogP contribution in [0.4, 0.5) is 0 Å². The lowest BCUT2D eigenvalue weighted by molar-refractivity contribution is 0.292. The largest absolute Gasteiger partial charge is 0.473 e. The zero-order valence-corrected chi connectivity index (χ0v) is 12.6. The molecule has 0 atom stereocenters. The highest BCUT2D eigenvalue weighted by molar-refractivity contribution is 5.15. The van der Waals surface area contributed by atoms with Gasteiger partial charge in [-0.25, -0.2) is 4.98 Å². The van der Waals surface area contributed by atoms with E-state index in [4.69, 9.17) is 4.74 Å². The Labute approximate surface area is 116 Å². The van der Waals surface area contributed by atoms with Crippen molar-refractivity contribution in [1.82, 2.24) is 9.97 Å². The average molecular weight is 260 g/mol. The minimum absolute atomic E-state index is 0.539. The van der Waals surface area contributed by atoms with Crippen LogP contribution in [-0.4, -0.2) is 9.97 Å². The van der Waals surface area contributed by atoms with Crippen molar-refractivity contribution in [3.63, 3.8) is 0 Å². The minimum Gasteiger partial charge on any atom is -0.473 e. The molecule has 1 heterocycles. The second-order valence-electron chi connectivity index (χ2n) is 3.22. The number of nitrogens with zero attached hydrogens (tertiary/aromatic N) is 2. The van der Waals surface area contributed by atoms with Crippen molar-refractivity contribution in [1.29, 1.82) is 0 Å². The SMILES string of the molecule is CC.CC.Cc1nccc(OCc2ccccc2)n1. The van der Waals surface area contributed by atoms with Crippen LogP contribution < -0.4 is 4.74 Å². The lowest BCUT2D eigenvalue weighted by Crippen LogP contribution is -1.98. The molecule has 2 aromatic rings. The summed E-state index contributed by atoms with van der Waals surface area (Å²) in [6.45, 7) is 10.4. The molecule has 0 aliphatic rings. The average Bonchev–Trinajstić information content (AvgIpc) is 2.50. The van der Waals surface area contributed by atoms with Gasteiger partial charge in [0.2, 0.25) is 5.88 Å². The zero-order valence-electron chi connectivity index (χ0n) is 12.6. The molecule has 2 rings (SSSR count). The smallest absolute Gasteiger partial charge is 0.216 e. The van der Waals surface area contributed by atoms with Gasteiger partial charge in [0, 0.05) is 12.3 Å². The van der Waals surface area contributed by atoms with Gasteiger partial charge in [-0.05, 0) is 12.5 Å². The van der Waals surface area contributed by atoms with Crippen LogP contribution in [0.2, 0.25) is 0 Å².